The first-order valence-corrected chi connectivity index (χ1v) is 6.97. The zero-order chi connectivity index (χ0) is 12.3. The molecule has 0 bridgehead atoms. The normalized spacial score (nSPS) is 12.0. The lowest BCUT2D eigenvalue weighted by Crippen LogP contribution is -2.23. The molecule has 0 amide bonds. The van der Waals surface area contributed by atoms with Crippen LogP contribution in [0.5, 0.6) is 0 Å². The fourth-order valence-electron chi connectivity index (χ4n) is 1.46. The van der Waals surface area contributed by atoms with Crippen molar-refractivity contribution >= 4 is 0 Å². The summed E-state index contributed by atoms with van der Waals surface area (Å²) in [4.78, 5) is 0. The summed E-state index contributed by atoms with van der Waals surface area (Å²) >= 11 is 0. The highest BCUT2D eigenvalue weighted by atomic mass is 16.5. The zero-order valence-electron chi connectivity index (χ0n) is 11.8. The van der Waals surface area contributed by atoms with E-state index >= 15 is 0 Å². The standard InChI is InChI=1S/C14H31NO/c1-5-11-15-12-9-7-8-10-13-16-14(3,4)6-2/h15H,5-13H2,1-4H3. The fraction of sp³-hybridized carbons (Fsp3) is 1.00. The van der Waals surface area contributed by atoms with Crippen LogP contribution in [-0.2, 0) is 4.74 Å². The second-order valence-corrected chi connectivity index (χ2v) is 5.13. The Morgan fingerprint density at radius 2 is 1.62 bits per heavy atom. The van der Waals surface area contributed by atoms with Crippen LogP contribution in [0.4, 0.5) is 0 Å². The smallest absolute Gasteiger partial charge is 0.0623 e. The summed E-state index contributed by atoms with van der Waals surface area (Å²) in [6.45, 7) is 12.0. The molecule has 0 aromatic rings. The van der Waals surface area contributed by atoms with E-state index in [0.29, 0.717) is 0 Å². The summed E-state index contributed by atoms with van der Waals surface area (Å²) in [7, 11) is 0. The fourth-order valence-corrected chi connectivity index (χ4v) is 1.46. The molecule has 0 aliphatic rings. The van der Waals surface area contributed by atoms with Gasteiger partial charge in [0, 0.05) is 6.61 Å². The Morgan fingerprint density at radius 1 is 0.938 bits per heavy atom. The SMILES string of the molecule is CCCNCCCCCCOC(C)(C)CC. The molecule has 16 heavy (non-hydrogen) atoms. The Morgan fingerprint density at radius 3 is 2.25 bits per heavy atom. The monoisotopic (exact) mass is 229 g/mol. The summed E-state index contributed by atoms with van der Waals surface area (Å²) in [5.74, 6) is 0. The molecule has 0 aromatic carbocycles. The van der Waals surface area contributed by atoms with E-state index in [2.05, 4.69) is 33.0 Å². The predicted molar refractivity (Wildman–Crippen MR) is 72.0 cm³/mol. The van der Waals surface area contributed by atoms with Crippen molar-refractivity contribution in [3.8, 4) is 0 Å². The van der Waals surface area contributed by atoms with Crippen molar-refractivity contribution in [3.05, 3.63) is 0 Å². The van der Waals surface area contributed by atoms with Gasteiger partial charge in [-0.2, -0.15) is 0 Å². The molecule has 0 aliphatic heterocycles. The predicted octanol–water partition coefficient (Wildman–Crippen LogP) is 3.75. The summed E-state index contributed by atoms with van der Waals surface area (Å²) in [6.07, 6.45) is 7.46. The van der Waals surface area contributed by atoms with Crippen molar-refractivity contribution in [2.45, 2.75) is 71.8 Å². The largest absolute Gasteiger partial charge is 0.376 e. The van der Waals surface area contributed by atoms with Crippen LogP contribution in [-0.4, -0.2) is 25.3 Å². The van der Waals surface area contributed by atoms with E-state index in [0.717, 1.165) is 19.6 Å². The summed E-state index contributed by atoms with van der Waals surface area (Å²) in [6, 6.07) is 0. The molecule has 1 N–H and O–H groups in total. The third-order valence-corrected chi connectivity index (χ3v) is 3.02. The molecule has 0 fully saturated rings. The van der Waals surface area contributed by atoms with Gasteiger partial charge in [-0.15, -0.1) is 0 Å². The first-order chi connectivity index (χ1) is 7.62. The lowest BCUT2D eigenvalue weighted by Gasteiger charge is -2.23. The number of nitrogens with one attached hydrogen (secondary N) is 1. The maximum Gasteiger partial charge on any atom is 0.0623 e. The average Bonchev–Trinajstić information content (AvgIpc) is 2.27. The molecule has 0 atom stereocenters. The van der Waals surface area contributed by atoms with Crippen LogP contribution in [0.1, 0.15) is 66.2 Å². The maximum absolute atomic E-state index is 5.81. The van der Waals surface area contributed by atoms with Crippen LogP contribution >= 0.6 is 0 Å². The van der Waals surface area contributed by atoms with Crippen LogP contribution in [0.2, 0.25) is 0 Å². The van der Waals surface area contributed by atoms with Crippen LogP contribution in [0.25, 0.3) is 0 Å². The molecule has 0 saturated carbocycles. The minimum Gasteiger partial charge on any atom is -0.376 e. The van der Waals surface area contributed by atoms with Gasteiger partial charge in [0.25, 0.3) is 0 Å². The average molecular weight is 229 g/mol. The Bertz CT molecular complexity index is 146. The third-order valence-electron chi connectivity index (χ3n) is 3.02. The van der Waals surface area contributed by atoms with Crippen LogP contribution in [0.3, 0.4) is 0 Å². The minimum atomic E-state index is 0.0721. The first kappa shape index (κ1) is 15.9. The van der Waals surface area contributed by atoms with Gasteiger partial charge in [-0.1, -0.05) is 26.7 Å². The number of ether oxygens (including phenoxy) is 1. The molecule has 0 heterocycles. The van der Waals surface area contributed by atoms with Gasteiger partial charge < -0.3 is 10.1 Å². The van der Waals surface area contributed by atoms with Gasteiger partial charge in [0.2, 0.25) is 0 Å². The molecule has 0 rings (SSSR count). The van der Waals surface area contributed by atoms with Crippen LogP contribution < -0.4 is 5.32 Å². The van der Waals surface area contributed by atoms with Crippen LogP contribution in [0.15, 0.2) is 0 Å². The van der Waals surface area contributed by atoms with E-state index in [1.165, 1.54) is 38.6 Å². The second-order valence-electron chi connectivity index (χ2n) is 5.13. The van der Waals surface area contributed by atoms with E-state index in [1.807, 2.05) is 0 Å². The molecular formula is C14H31NO. The van der Waals surface area contributed by atoms with Gasteiger partial charge in [0.1, 0.15) is 0 Å². The number of rotatable bonds is 11. The van der Waals surface area contributed by atoms with Crippen molar-refractivity contribution in [3.63, 3.8) is 0 Å². The van der Waals surface area contributed by atoms with Crippen molar-refractivity contribution < 1.29 is 4.74 Å². The molecule has 0 aliphatic carbocycles. The molecular weight excluding hydrogens is 198 g/mol. The van der Waals surface area contributed by atoms with E-state index in [4.69, 9.17) is 4.74 Å². The molecule has 98 valence electrons. The van der Waals surface area contributed by atoms with Gasteiger partial charge in [-0.25, -0.2) is 0 Å². The Labute approximate surface area is 102 Å². The topological polar surface area (TPSA) is 21.3 Å². The molecule has 0 radical (unpaired) electrons. The highest BCUT2D eigenvalue weighted by molar-refractivity contribution is 4.64. The molecule has 0 aromatic heterocycles. The van der Waals surface area contributed by atoms with E-state index < -0.39 is 0 Å². The Kier molecular flexibility index (Phi) is 10.0. The van der Waals surface area contributed by atoms with Gasteiger partial charge in [0.15, 0.2) is 0 Å². The summed E-state index contributed by atoms with van der Waals surface area (Å²) in [5.41, 5.74) is 0.0721. The van der Waals surface area contributed by atoms with Gasteiger partial charge in [0.05, 0.1) is 5.60 Å². The molecule has 0 unspecified atom stereocenters. The number of hydrogen-bond acceptors (Lipinski definition) is 2. The first-order valence-electron chi connectivity index (χ1n) is 6.97. The van der Waals surface area contributed by atoms with Gasteiger partial charge in [-0.05, 0) is 52.6 Å². The third kappa shape index (κ3) is 10.4. The molecule has 0 spiro atoms. The summed E-state index contributed by atoms with van der Waals surface area (Å²) < 4.78 is 5.81. The highest BCUT2D eigenvalue weighted by Crippen LogP contribution is 2.14. The van der Waals surface area contributed by atoms with E-state index in [-0.39, 0.29) is 5.60 Å². The van der Waals surface area contributed by atoms with Crippen LogP contribution in [0, 0.1) is 0 Å². The number of unbranched alkanes of at least 4 members (excludes halogenated alkanes) is 3. The molecule has 2 nitrogen and oxygen atoms in total. The van der Waals surface area contributed by atoms with Crippen molar-refractivity contribution in [1.82, 2.24) is 5.32 Å². The number of hydrogen-bond donors (Lipinski definition) is 1. The lowest BCUT2D eigenvalue weighted by atomic mass is 10.1. The molecule has 2 heteroatoms. The quantitative estimate of drug-likeness (QED) is 0.545. The van der Waals surface area contributed by atoms with E-state index in [1.54, 1.807) is 0 Å². The Balaban J connectivity index is 3.10. The van der Waals surface area contributed by atoms with Gasteiger partial charge >= 0.3 is 0 Å². The van der Waals surface area contributed by atoms with Gasteiger partial charge in [-0.3, -0.25) is 0 Å². The maximum atomic E-state index is 5.81. The van der Waals surface area contributed by atoms with Crippen molar-refractivity contribution in [1.29, 1.82) is 0 Å². The lowest BCUT2D eigenvalue weighted by molar-refractivity contribution is -0.0216. The van der Waals surface area contributed by atoms with Crippen molar-refractivity contribution in [2.24, 2.45) is 0 Å². The summed E-state index contributed by atoms with van der Waals surface area (Å²) in [5, 5.41) is 3.43. The zero-order valence-corrected chi connectivity index (χ0v) is 11.8. The van der Waals surface area contributed by atoms with E-state index in [9.17, 15) is 0 Å². The van der Waals surface area contributed by atoms with Crippen molar-refractivity contribution in [2.75, 3.05) is 19.7 Å². The second kappa shape index (κ2) is 10.1. The highest BCUT2D eigenvalue weighted by Gasteiger charge is 2.13. The minimum absolute atomic E-state index is 0.0721. The Hall–Kier alpha value is -0.0800. The molecule has 0 saturated heterocycles.